The molecule has 5 heterocycles. The molecule has 0 bridgehead atoms. The Morgan fingerprint density at radius 3 is 2.84 bits per heavy atom. The molecule has 2 amide bonds. The van der Waals surface area contributed by atoms with Crippen molar-refractivity contribution in [3.63, 3.8) is 0 Å². The maximum atomic E-state index is 13.8. The monoisotopic (exact) mass is 607 g/mol. The second kappa shape index (κ2) is 11.7. The van der Waals surface area contributed by atoms with E-state index < -0.39 is 35.6 Å². The lowest BCUT2D eigenvalue weighted by Gasteiger charge is -2.28. The predicted octanol–water partition coefficient (Wildman–Crippen LogP) is 2.64. The number of ether oxygens (including phenoxy) is 2. The van der Waals surface area contributed by atoms with Gasteiger partial charge in [0.25, 0.3) is 0 Å². The fourth-order valence-electron chi connectivity index (χ4n) is 6.22. The number of carbonyl (C=O) groups excluding carboxylic acids is 3. The minimum Gasteiger partial charge on any atom is -0.471 e. The van der Waals surface area contributed by atoms with Gasteiger partial charge in [-0.2, -0.15) is 10.1 Å². The number of rotatable bonds is 4. The lowest BCUT2D eigenvalue weighted by molar-refractivity contribution is -0.148. The quantitative estimate of drug-likeness (QED) is 0.336. The molecule has 5 atom stereocenters. The van der Waals surface area contributed by atoms with Crippen LogP contribution in [-0.4, -0.2) is 79.8 Å². The molecule has 12 nitrogen and oxygen atoms in total. The van der Waals surface area contributed by atoms with Crippen LogP contribution >= 0.6 is 11.3 Å². The summed E-state index contributed by atoms with van der Waals surface area (Å²) >= 11 is 1.46. The maximum absolute atomic E-state index is 13.8. The highest BCUT2D eigenvalue weighted by Crippen LogP contribution is 2.46. The Balaban J connectivity index is 1.30. The van der Waals surface area contributed by atoms with Gasteiger partial charge in [-0.05, 0) is 50.1 Å². The number of hydrogen-bond acceptors (Lipinski definition) is 10. The van der Waals surface area contributed by atoms with E-state index in [1.165, 1.54) is 23.3 Å². The number of fused-ring (bicyclic) bond motifs is 3. The van der Waals surface area contributed by atoms with Crippen molar-refractivity contribution >= 4 is 39.3 Å². The van der Waals surface area contributed by atoms with Crippen molar-refractivity contribution in [2.75, 3.05) is 13.7 Å². The summed E-state index contributed by atoms with van der Waals surface area (Å²) in [5, 5.41) is 9.30. The number of amides is 2. The van der Waals surface area contributed by atoms with E-state index >= 15 is 0 Å². The Hall–Kier alpha value is -3.84. The van der Waals surface area contributed by atoms with Crippen LogP contribution < -0.4 is 15.8 Å². The number of aromatic nitrogens is 4. The summed E-state index contributed by atoms with van der Waals surface area (Å²) in [5.41, 5.74) is 7.56. The number of allylic oxidation sites excluding steroid dienone is 1. The number of esters is 1. The van der Waals surface area contributed by atoms with E-state index in [0.717, 1.165) is 47.3 Å². The molecule has 0 aromatic carbocycles. The number of nitrogens with zero attached hydrogens (tertiary/aromatic N) is 5. The smallest absolute Gasteiger partial charge is 0.332 e. The highest BCUT2D eigenvalue weighted by atomic mass is 32.1. The fraction of sp³-hybridized carbons (Fsp3) is 0.533. The van der Waals surface area contributed by atoms with Crippen molar-refractivity contribution < 1.29 is 23.9 Å². The molecule has 3 aromatic heterocycles. The van der Waals surface area contributed by atoms with E-state index in [1.54, 1.807) is 4.68 Å². The highest BCUT2D eigenvalue weighted by Gasteiger charge is 2.62. The molecule has 0 spiro atoms. The second-order valence-corrected chi connectivity index (χ2v) is 12.6. The molecule has 3 N–H and O–H groups in total. The molecule has 0 radical (unpaired) electrons. The SMILES string of the molecule is COC(=O)[C@@]12C[C@@H]1/C=C\CCCCC[C@H](N)C(=O)N1C[C@H](Oc3nc(-c4cc(C)nn4C)nc4ccsc34)C[C@H]1C(=O)N2. The van der Waals surface area contributed by atoms with Gasteiger partial charge in [-0.3, -0.25) is 14.3 Å². The Bertz CT molecular complexity index is 1580. The molecule has 1 saturated heterocycles. The molecular weight excluding hydrogens is 570 g/mol. The summed E-state index contributed by atoms with van der Waals surface area (Å²) in [6.45, 7) is 2.07. The van der Waals surface area contributed by atoms with Crippen LogP contribution in [-0.2, 0) is 26.2 Å². The third-order valence-corrected chi connectivity index (χ3v) is 9.50. The van der Waals surface area contributed by atoms with Crippen LogP contribution in [0.15, 0.2) is 29.7 Å². The lowest BCUT2D eigenvalue weighted by atomic mass is 10.1. The lowest BCUT2D eigenvalue weighted by Crippen LogP contribution is -2.55. The molecule has 3 aromatic rings. The minimum absolute atomic E-state index is 0.156. The molecule has 2 fully saturated rings. The van der Waals surface area contributed by atoms with Crippen LogP contribution in [0.5, 0.6) is 5.88 Å². The van der Waals surface area contributed by atoms with Gasteiger partial charge in [-0.1, -0.05) is 25.0 Å². The van der Waals surface area contributed by atoms with E-state index in [0.29, 0.717) is 24.5 Å². The Labute approximate surface area is 253 Å². The summed E-state index contributed by atoms with van der Waals surface area (Å²) in [5.74, 6) is -0.500. The first-order valence-corrected chi connectivity index (χ1v) is 15.6. The standard InChI is InChI=1S/C30H37N7O5S/c1-17-13-22(36(2)35-17)25-32-21-11-12-43-24(21)27(33-25)42-19-14-23-26(38)34-30(29(40)41-3)15-18(30)9-7-5-4-6-8-10-20(31)28(39)37(23)16-19/h7,9,11-13,18-20,23H,4-6,8,10,14-16,31H2,1-3H3,(H,34,38)/b9-7-/t18-,19+,20-,23-,30+/m0/s1. The molecule has 0 unspecified atom stereocenters. The fourth-order valence-corrected chi connectivity index (χ4v) is 6.98. The third-order valence-electron chi connectivity index (χ3n) is 8.61. The van der Waals surface area contributed by atoms with Crippen LogP contribution in [0, 0.1) is 12.8 Å². The van der Waals surface area contributed by atoms with E-state index in [-0.39, 0.29) is 24.8 Å². The van der Waals surface area contributed by atoms with Gasteiger partial charge >= 0.3 is 5.97 Å². The second-order valence-electron chi connectivity index (χ2n) is 11.7. The topological polar surface area (TPSA) is 155 Å². The molecule has 1 aliphatic carbocycles. The van der Waals surface area contributed by atoms with Gasteiger partial charge in [0.15, 0.2) is 5.82 Å². The number of nitrogens with one attached hydrogen (secondary N) is 1. The van der Waals surface area contributed by atoms with Crippen molar-refractivity contribution in [3.8, 4) is 17.4 Å². The number of thiophene rings is 1. The first-order chi connectivity index (χ1) is 20.7. The molecule has 13 heteroatoms. The van der Waals surface area contributed by atoms with Crippen LogP contribution in [0.4, 0.5) is 0 Å². The maximum Gasteiger partial charge on any atom is 0.332 e. The highest BCUT2D eigenvalue weighted by molar-refractivity contribution is 7.17. The number of methoxy groups -OCH3 is 1. The van der Waals surface area contributed by atoms with E-state index in [9.17, 15) is 14.4 Å². The predicted molar refractivity (Wildman–Crippen MR) is 160 cm³/mol. The van der Waals surface area contributed by atoms with Gasteiger partial charge in [-0.25, -0.2) is 9.78 Å². The number of nitrogens with two attached hydrogens (primary N) is 1. The van der Waals surface area contributed by atoms with Crippen molar-refractivity contribution in [1.29, 1.82) is 0 Å². The average Bonchev–Trinajstić information content (AvgIpc) is 3.33. The number of carbonyl (C=O) groups is 3. The van der Waals surface area contributed by atoms with Gasteiger partial charge in [0.05, 0.1) is 30.9 Å². The van der Waals surface area contributed by atoms with Crippen molar-refractivity contribution in [2.24, 2.45) is 18.7 Å². The van der Waals surface area contributed by atoms with E-state index in [1.807, 2.05) is 37.6 Å². The average molecular weight is 608 g/mol. The zero-order valence-corrected chi connectivity index (χ0v) is 25.4. The van der Waals surface area contributed by atoms with Crippen LogP contribution in [0.3, 0.4) is 0 Å². The Kier molecular flexibility index (Phi) is 7.94. The summed E-state index contributed by atoms with van der Waals surface area (Å²) in [6, 6.07) is 2.22. The van der Waals surface area contributed by atoms with Gasteiger partial charge in [0.2, 0.25) is 17.7 Å². The first kappa shape index (κ1) is 29.2. The largest absolute Gasteiger partial charge is 0.471 e. The van der Waals surface area contributed by atoms with E-state index in [4.69, 9.17) is 25.2 Å². The molecule has 6 rings (SSSR count). The van der Waals surface area contributed by atoms with Crippen molar-refractivity contribution in [1.82, 2.24) is 30.0 Å². The minimum atomic E-state index is -1.13. The Morgan fingerprint density at radius 1 is 1.23 bits per heavy atom. The Morgan fingerprint density at radius 2 is 2.07 bits per heavy atom. The van der Waals surface area contributed by atoms with Gasteiger partial charge in [0.1, 0.15) is 28.1 Å². The zero-order valence-electron chi connectivity index (χ0n) is 24.6. The van der Waals surface area contributed by atoms with Gasteiger partial charge in [0, 0.05) is 19.4 Å². The molecule has 3 aliphatic rings. The van der Waals surface area contributed by atoms with Crippen LogP contribution in [0.25, 0.3) is 21.7 Å². The summed E-state index contributed by atoms with van der Waals surface area (Å²) < 4.78 is 14.1. The van der Waals surface area contributed by atoms with Gasteiger partial charge < -0.3 is 25.4 Å². The molecular formula is C30H37N7O5S. The normalized spacial score (nSPS) is 28.8. The van der Waals surface area contributed by atoms with Gasteiger partial charge in [-0.15, -0.1) is 11.3 Å². The number of aryl methyl sites for hydroxylation is 2. The molecule has 2 aliphatic heterocycles. The molecule has 43 heavy (non-hydrogen) atoms. The van der Waals surface area contributed by atoms with Crippen LogP contribution in [0.2, 0.25) is 0 Å². The number of hydrogen-bond donors (Lipinski definition) is 2. The summed E-state index contributed by atoms with van der Waals surface area (Å²) in [6.07, 6.45) is 8.30. The third kappa shape index (κ3) is 5.63. The van der Waals surface area contributed by atoms with E-state index in [2.05, 4.69) is 16.5 Å². The zero-order chi connectivity index (χ0) is 30.3. The molecule has 1 saturated carbocycles. The van der Waals surface area contributed by atoms with Crippen molar-refractivity contribution in [2.45, 2.75) is 75.6 Å². The first-order valence-electron chi connectivity index (χ1n) is 14.8. The molecule has 228 valence electrons. The summed E-state index contributed by atoms with van der Waals surface area (Å²) in [7, 11) is 3.15. The van der Waals surface area contributed by atoms with Crippen LogP contribution in [0.1, 0.15) is 50.6 Å². The van der Waals surface area contributed by atoms with Crippen molar-refractivity contribution in [3.05, 3.63) is 35.4 Å². The summed E-state index contributed by atoms with van der Waals surface area (Å²) in [4.78, 5) is 51.3.